The molecular weight excluding hydrogens is 460 g/mol. The number of halogens is 1. The molecule has 174 valence electrons. The Balaban J connectivity index is 1.48. The summed E-state index contributed by atoms with van der Waals surface area (Å²) < 4.78 is 32.2. The Bertz CT molecular complexity index is 1180. The first kappa shape index (κ1) is 24.8. The molecule has 0 saturated carbocycles. The van der Waals surface area contributed by atoms with Crippen molar-refractivity contribution in [3.63, 3.8) is 0 Å². The van der Waals surface area contributed by atoms with Gasteiger partial charge in [0.1, 0.15) is 5.75 Å². The number of ether oxygens (including phenoxy) is 1. The van der Waals surface area contributed by atoms with Gasteiger partial charge in [-0.25, -0.2) is 13.1 Å². The van der Waals surface area contributed by atoms with Gasteiger partial charge in [-0.15, -0.1) is 0 Å². The van der Waals surface area contributed by atoms with Crippen LogP contribution in [0.5, 0.6) is 5.75 Å². The Labute approximate surface area is 200 Å². The van der Waals surface area contributed by atoms with E-state index in [0.717, 1.165) is 16.7 Å². The number of carbonyl (C=O) groups is 1. The Morgan fingerprint density at radius 2 is 1.61 bits per heavy atom. The van der Waals surface area contributed by atoms with Crippen molar-refractivity contribution in [3.05, 3.63) is 88.9 Å². The third-order valence-electron chi connectivity index (χ3n) is 4.68. The fraction of sp³-hybridized carbons (Fsp3) is 0.240. The molecule has 6 nitrogen and oxygen atoms in total. The smallest absolute Gasteiger partial charge is 0.258 e. The zero-order valence-electron chi connectivity index (χ0n) is 18.5. The van der Waals surface area contributed by atoms with Crippen molar-refractivity contribution in [2.75, 3.05) is 6.61 Å². The van der Waals surface area contributed by atoms with Gasteiger partial charge in [-0.2, -0.15) is 0 Å². The summed E-state index contributed by atoms with van der Waals surface area (Å²) in [4.78, 5) is 12.2. The van der Waals surface area contributed by atoms with Gasteiger partial charge < -0.3 is 10.1 Å². The lowest BCUT2D eigenvalue weighted by molar-refractivity contribution is -0.123. The number of benzene rings is 3. The largest absolute Gasteiger partial charge is 0.482 e. The van der Waals surface area contributed by atoms with E-state index in [1.54, 1.807) is 44.2 Å². The van der Waals surface area contributed by atoms with Crippen LogP contribution in [0.25, 0.3) is 11.1 Å². The lowest BCUT2D eigenvalue weighted by Gasteiger charge is -2.11. The standard InChI is InChI=1S/C25H27ClN2O4S/c1-18(2)28-33(30,31)17-20-10-8-19(9-11-20)15-27-25(29)16-32-24-13-12-22(14-23(24)26)21-6-4-3-5-7-21/h3-14,18,28H,15-17H2,1-2H3,(H,27,29). The van der Waals surface area contributed by atoms with Gasteiger partial charge in [0.15, 0.2) is 6.61 Å². The molecule has 0 fully saturated rings. The predicted octanol–water partition coefficient (Wildman–Crippen LogP) is 4.53. The maximum Gasteiger partial charge on any atom is 0.258 e. The highest BCUT2D eigenvalue weighted by molar-refractivity contribution is 7.88. The molecule has 0 aliphatic rings. The van der Waals surface area contributed by atoms with Crippen molar-refractivity contribution in [2.45, 2.75) is 32.2 Å². The van der Waals surface area contributed by atoms with Crippen LogP contribution in [0.1, 0.15) is 25.0 Å². The minimum Gasteiger partial charge on any atom is -0.482 e. The topological polar surface area (TPSA) is 84.5 Å². The molecule has 1 amide bonds. The Morgan fingerprint density at radius 3 is 2.24 bits per heavy atom. The highest BCUT2D eigenvalue weighted by atomic mass is 35.5. The van der Waals surface area contributed by atoms with Crippen LogP contribution in [-0.2, 0) is 27.1 Å². The summed E-state index contributed by atoms with van der Waals surface area (Å²) >= 11 is 6.32. The van der Waals surface area contributed by atoms with Crippen molar-refractivity contribution in [1.82, 2.24) is 10.0 Å². The van der Waals surface area contributed by atoms with E-state index in [1.807, 2.05) is 42.5 Å². The number of hydrogen-bond donors (Lipinski definition) is 2. The fourth-order valence-corrected chi connectivity index (χ4v) is 4.86. The van der Waals surface area contributed by atoms with Gasteiger partial charge in [-0.3, -0.25) is 4.79 Å². The van der Waals surface area contributed by atoms with E-state index < -0.39 is 10.0 Å². The third-order valence-corrected chi connectivity index (χ3v) is 6.52. The van der Waals surface area contributed by atoms with E-state index in [2.05, 4.69) is 10.0 Å². The van der Waals surface area contributed by atoms with Crippen LogP contribution < -0.4 is 14.8 Å². The van der Waals surface area contributed by atoms with Gasteiger partial charge in [-0.05, 0) is 48.2 Å². The minimum absolute atomic E-state index is 0.0878. The van der Waals surface area contributed by atoms with Gasteiger partial charge >= 0.3 is 0 Å². The summed E-state index contributed by atoms with van der Waals surface area (Å²) in [5, 5.41) is 3.21. The lowest BCUT2D eigenvalue weighted by Crippen LogP contribution is -2.31. The molecule has 33 heavy (non-hydrogen) atoms. The normalized spacial score (nSPS) is 11.4. The van der Waals surface area contributed by atoms with E-state index in [1.165, 1.54) is 0 Å². The average molecular weight is 487 g/mol. The van der Waals surface area contributed by atoms with E-state index in [0.29, 0.717) is 22.9 Å². The first-order chi connectivity index (χ1) is 15.7. The molecule has 0 aliphatic heterocycles. The molecule has 0 bridgehead atoms. The molecule has 2 N–H and O–H groups in total. The van der Waals surface area contributed by atoms with E-state index >= 15 is 0 Å². The van der Waals surface area contributed by atoms with Gasteiger partial charge in [0.2, 0.25) is 10.0 Å². The number of rotatable bonds is 10. The summed E-state index contributed by atoms with van der Waals surface area (Å²) in [6.07, 6.45) is 0. The summed E-state index contributed by atoms with van der Waals surface area (Å²) in [5.41, 5.74) is 3.54. The van der Waals surface area contributed by atoms with Crippen molar-refractivity contribution in [2.24, 2.45) is 0 Å². The van der Waals surface area contributed by atoms with Crippen molar-refractivity contribution in [3.8, 4) is 16.9 Å². The van der Waals surface area contributed by atoms with Crippen LogP contribution >= 0.6 is 11.6 Å². The predicted molar refractivity (Wildman–Crippen MR) is 132 cm³/mol. The fourth-order valence-electron chi connectivity index (χ4n) is 3.20. The number of amides is 1. The Hall–Kier alpha value is -2.87. The van der Waals surface area contributed by atoms with Crippen molar-refractivity contribution < 1.29 is 17.9 Å². The number of carbonyl (C=O) groups excluding carboxylic acids is 1. The maximum absolute atomic E-state index is 12.2. The molecule has 0 heterocycles. The van der Waals surface area contributed by atoms with Crippen LogP contribution in [-0.4, -0.2) is 27.0 Å². The van der Waals surface area contributed by atoms with Crippen LogP contribution in [0.2, 0.25) is 5.02 Å². The molecular formula is C25H27ClN2O4S. The highest BCUT2D eigenvalue weighted by Gasteiger charge is 2.13. The third kappa shape index (κ3) is 7.89. The molecule has 0 aliphatic carbocycles. The zero-order valence-corrected chi connectivity index (χ0v) is 20.1. The SMILES string of the molecule is CC(C)NS(=O)(=O)Cc1ccc(CNC(=O)COc2ccc(-c3ccccc3)cc2Cl)cc1. The number of sulfonamides is 1. The van der Waals surface area contributed by atoms with E-state index in [9.17, 15) is 13.2 Å². The molecule has 0 atom stereocenters. The van der Waals surface area contributed by atoms with Crippen LogP contribution in [0.4, 0.5) is 0 Å². The van der Waals surface area contributed by atoms with Crippen LogP contribution in [0, 0.1) is 0 Å². The summed E-state index contributed by atoms with van der Waals surface area (Å²) in [6, 6.07) is 22.2. The summed E-state index contributed by atoms with van der Waals surface area (Å²) in [6.45, 7) is 3.70. The van der Waals surface area contributed by atoms with Gasteiger partial charge in [0, 0.05) is 12.6 Å². The van der Waals surface area contributed by atoms with E-state index in [-0.39, 0.29) is 24.3 Å². The molecule has 0 unspecified atom stereocenters. The second-order valence-electron chi connectivity index (χ2n) is 7.92. The number of nitrogens with one attached hydrogen (secondary N) is 2. The average Bonchev–Trinajstić information content (AvgIpc) is 2.77. The molecule has 0 spiro atoms. The van der Waals surface area contributed by atoms with Gasteiger partial charge in [0.05, 0.1) is 10.8 Å². The van der Waals surface area contributed by atoms with E-state index in [4.69, 9.17) is 16.3 Å². The second-order valence-corrected chi connectivity index (χ2v) is 10.1. The Morgan fingerprint density at radius 1 is 0.939 bits per heavy atom. The van der Waals surface area contributed by atoms with Crippen molar-refractivity contribution >= 4 is 27.5 Å². The molecule has 0 saturated heterocycles. The Kier molecular flexibility index (Phi) is 8.49. The van der Waals surface area contributed by atoms with Crippen LogP contribution in [0.15, 0.2) is 72.8 Å². The summed E-state index contributed by atoms with van der Waals surface area (Å²) in [7, 11) is -3.38. The zero-order chi connectivity index (χ0) is 23.8. The summed E-state index contributed by atoms with van der Waals surface area (Å²) in [5.74, 6) is 0.0632. The van der Waals surface area contributed by atoms with Crippen molar-refractivity contribution in [1.29, 1.82) is 0 Å². The molecule has 8 heteroatoms. The molecule has 3 rings (SSSR count). The van der Waals surface area contributed by atoms with Gasteiger partial charge in [-0.1, -0.05) is 72.3 Å². The first-order valence-corrected chi connectivity index (χ1v) is 12.6. The quantitative estimate of drug-likeness (QED) is 0.441. The first-order valence-electron chi connectivity index (χ1n) is 10.5. The molecule has 0 radical (unpaired) electrons. The second kappa shape index (κ2) is 11.3. The van der Waals surface area contributed by atoms with Gasteiger partial charge in [0.25, 0.3) is 5.91 Å². The lowest BCUT2D eigenvalue weighted by atomic mass is 10.1. The highest BCUT2D eigenvalue weighted by Crippen LogP contribution is 2.30. The van der Waals surface area contributed by atoms with Crippen LogP contribution in [0.3, 0.4) is 0 Å². The monoisotopic (exact) mass is 486 g/mol. The number of hydrogen-bond acceptors (Lipinski definition) is 4. The maximum atomic E-state index is 12.2. The minimum atomic E-state index is -3.38. The molecule has 0 aromatic heterocycles. The molecule has 3 aromatic carbocycles. The molecule has 3 aromatic rings.